The molecule has 1 amide bonds. The number of amides is 1. The summed E-state index contributed by atoms with van der Waals surface area (Å²) in [6.07, 6.45) is 0. The zero-order valence-corrected chi connectivity index (χ0v) is 10.5. The average molecular weight is 236 g/mol. The Morgan fingerprint density at radius 3 is 2.29 bits per heavy atom. The van der Waals surface area contributed by atoms with E-state index < -0.39 is 0 Å². The Morgan fingerprint density at radius 2 is 1.88 bits per heavy atom. The first kappa shape index (κ1) is 13.5. The van der Waals surface area contributed by atoms with Crippen LogP contribution >= 0.6 is 0 Å². The Morgan fingerprint density at radius 1 is 1.35 bits per heavy atom. The lowest BCUT2D eigenvalue weighted by Gasteiger charge is -2.30. The number of phenols is 1. The first-order valence-corrected chi connectivity index (χ1v) is 5.64. The molecule has 0 bridgehead atoms. The highest BCUT2D eigenvalue weighted by Gasteiger charge is 2.25. The molecule has 4 heteroatoms. The SMILES string of the molecule is CC(C)(C)C(CN)NC(=O)c1ccc(O)cc1. The minimum Gasteiger partial charge on any atom is -0.508 e. The molecule has 0 saturated heterocycles. The van der Waals surface area contributed by atoms with Gasteiger partial charge in [0.05, 0.1) is 0 Å². The van der Waals surface area contributed by atoms with Crippen LogP contribution in [0.3, 0.4) is 0 Å². The lowest BCUT2D eigenvalue weighted by atomic mass is 9.86. The van der Waals surface area contributed by atoms with E-state index in [0.717, 1.165) is 0 Å². The number of carbonyl (C=O) groups is 1. The summed E-state index contributed by atoms with van der Waals surface area (Å²) < 4.78 is 0. The van der Waals surface area contributed by atoms with Gasteiger partial charge in [0.15, 0.2) is 0 Å². The van der Waals surface area contributed by atoms with Crippen LogP contribution in [-0.2, 0) is 0 Å². The summed E-state index contributed by atoms with van der Waals surface area (Å²) in [6.45, 7) is 6.48. The second-order valence-electron chi connectivity index (χ2n) is 5.17. The van der Waals surface area contributed by atoms with E-state index in [9.17, 15) is 4.79 Å². The van der Waals surface area contributed by atoms with Crippen molar-refractivity contribution in [2.75, 3.05) is 6.54 Å². The third-order valence-electron chi connectivity index (χ3n) is 2.72. The van der Waals surface area contributed by atoms with Gasteiger partial charge >= 0.3 is 0 Å². The van der Waals surface area contributed by atoms with Gasteiger partial charge in [-0.2, -0.15) is 0 Å². The number of nitrogens with two attached hydrogens (primary N) is 1. The van der Waals surface area contributed by atoms with E-state index in [0.29, 0.717) is 12.1 Å². The minimum atomic E-state index is -0.171. The molecule has 94 valence electrons. The summed E-state index contributed by atoms with van der Waals surface area (Å²) in [4.78, 5) is 11.9. The molecule has 1 unspecified atom stereocenters. The van der Waals surface area contributed by atoms with Gasteiger partial charge in [0.1, 0.15) is 5.75 Å². The number of rotatable bonds is 3. The molecular formula is C13H20N2O2. The van der Waals surface area contributed by atoms with Gasteiger partial charge < -0.3 is 16.2 Å². The van der Waals surface area contributed by atoms with E-state index in [1.165, 1.54) is 12.1 Å². The third-order valence-corrected chi connectivity index (χ3v) is 2.72. The van der Waals surface area contributed by atoms with Gasteiger partial charge in [-0.25, -0.2) is 0 Å². The van der Waals surface area contributed by atoms with Crippen molar-refractivity contribution in [1.29, 1.82) is 0 Å². The smallest absolute Gasteiger partial charge is 0.251 e. The average Bonchev–Trinajstić information content (AvgIpc) is 2.24. The Hall–Kier alpha value is -1.55. The predicted octanol–water partition coefficient (Wildman–Crippen LogP) is 1.50. The molecule has 0 aliphatic rings. The molecule has 4 N–H and O–H groups in total. The van der Waals surface area contributed by atoms with Crippen LogP contribution in [0.5, 0.6) is 5.75 Å². The fourth-order valence-corrected chi connectivity index (χ4v) is 1.48. The second-order valence-corrected chi connectivity index (χ2v) is 5.17. The van der Waals surface area contributed by atoms with Gasteiger partial charge in [-0.1, -0.05) is 20.8 Å². The predicted molar refractivity (Wildman–Crippen MR) is 67.9 cm³/mol. The standard InChI is InChI=1S/C13H20N2O2/c1-13(2,3)11(8-14)15-12(17)9-4-6-10(16)7-5-9/h4-7,11,16H,8,14H2,1-3H3,(H,15,17). The lowest BCUT2D eigenvalue weighted by Crippen LogP contribution is -2.48. The van der Waals surface area contributed by atoms with E-state index in [2.05, 4.69) is 5.32 Å². The first-order valence-electron chi connectivity index (χ1n) is 5.64. The van der Waals surface area contributed by atoms with Crippen molar-refractivity contribution >= 4 is 5.91 Å². The highest BCUT2D eigenvalue weighted by molar-refractivity contribution is 5.94. The van der Waals surface area contributed by atoms with E-state index in [4.69, 9.17) is 10.8 Å². The minimum absolute atomic E-state index is 0.0798. The number of phenolic OH excluding ortho intramolecular Hbond substituents is 1. The number of aromatic hydroxyl groups is 1. The van der Waals surface area contributed by atoms with Crippen molar-refractivity contribution in [3.63, 3.8) is 0 Å². The summed E-state index contributed by atoms with van der Waals surface area (Å²) >= 11 is 0. The van der Waals surface area contributed by atoms with Crippen LogP contribution in [0.15, 0.2) is 24.3 Å². The third kappa shape index (κ3) is 3.75. The maximum Gasteiger partial charge on any atom is 0.251 e. The molecule has 0 aliphatic heterocycles. The monoisotopic (exact) mass is 236 g/mol. The summed E-state index contributed by atoms with van der Waals surface area (Å²) in [7, 11) is 0. The molecule has 0 aliphatic carbocycles. The number of hydrogen-bond donors (Lipinski definition) is 3. The van der Waals surface area contributed by atoms with Gasteiger partial charge in [-0.15, -0.1) is 0 Å². The molecule has 1 rings (SSSR count). The van der Waals surface area contributed by atoms with Crippen LogP contribution in [0.4, 0.5) is 0 Å². The second kappa shape index (κ2) is 5.19. The molecule has 1 atom stereocenters. The summed E-state index contributed by atoms with van der Waals surface area (Å²) in [6, 6.07) is 6.07. The molecule has 4 nitrogen and oxygen atoms in total. The maximum atomic E-state index is 11.9. The summed E-state index contributed by atoms with van der Waals surface area (Å²) in [5, 5.41) is 12.0. The Labute approximate surface area is 102 Å². The highest BCUT2D eigenvalue weighted by Crippen LogP contribution is 2.19. The van der Waals surface area contributed by atoms with Gasteiger partial charge in [0.25, 0.3) is 5.91 Å². The highest BCUT2D eigenvalue weighted by atomic mass is 16.3. The molecule has 0 spiro atoms. The van der Waals surface area contributed by atoms with Gasteiger partial charge in [0.2, 0.25) is 0 Å². The topological polar surface area (TPSA) is 75.3 Å². The normalized spacial score (nSPS) is 13.2. The van der Waals surface area contributed by atoms with Gasteiger partial charge in [-0.05, 0) is 29.7 Å². The fourth-order valence-electron chi connectivity index (χ4n) is 1.48. The van der Waals surface area contributed by atoms with E-state index in [1.54, 1.807) is 12.1 Å². The molecular weight excluding hydrogens is 216 g/mol. The number of carbonyl (C=O) groups excluding carboxylic acids is 1. The zero-order valence-electron chi connectivity index (χ0n) is 10.5. The number of benzene rings is 1. The van der Waals surface area contributed by atoms with Crippen LogP contribution in [-0.4, -0.2) is 23.6 Å². The molecule has 1 aromatic rings. The van der Waals surface area contributed by atoms with Crippen LogP contribution in [0.1, 0.15) is 31.1 Å². The van der Waals surface area contributed by atoms with Crippen LogP contribution in [0.25, 0.3) is 0 Å². The number of hydrogen-bond acceptors (Lipinski definition) is 3. The van der Waals surface area contributed by atoms with Crippen LogP contribution in [0, 0.1) is 5.41 Å². The zero-order chi connectivity index (χ0) is 13.1. The molecule has 1 aromatic carbocycles. The maximum absolute atomic E-state index is 11.9. The summed E-state index contributed by atoms with van der Waals surface area (Å²) in [5.74, 6) is -0.0249. The molecule has 0 heterocycles. The fraction of sp³-hybridized carbons (Fsp3) is 0.462. The van der Waals surface area contributed by atoms with E-state index in [1.807, 2.05) is 20.8 Å². The Bertz CT molecular complexity index is 379. The van der Waals surface area contributed by atoms with Crippen molar-refractivity contribution in [3.8, 4) is 5.75 Å². The van der Waals surface area contributed by atoms with Crippen LogP contribution < -0.4 is 11.1 Å². The van der Waals surface area contributed by atoms with Crippen molar-refractivity contribution in [2.24, 2.45) is 11.1 Å². The van der Waals surface area contributed by atoms with Crippen molar-refractivity contribution in [2.45, 2.75) is 26.8 Å². The largest absolute Gasteiger partial charge is 0.508 e. The summed E-state index contributed by atoms with van der Waals surface area (Å²) in [5.41, 5.74) is 6.09. The molecule has 0 saturated carbocycles. The van der Waals surface area contributed by atoms with Gasteiger partial charge in [0, 0.05) is 18.2 Å². The van der Waals surface area contributed by atoms with E-state index in [-0.39, 0.29) is 23.1 Å². The van der Waals surface area contributed by atoms with E-state index >= 15 is 0 Å². The van der Waals surface area contributed by atoms with Crippen molar-refractivity contribution in [3.05, 3.63) is 29.8 Å². The quantitative estimate of drug-likeness (QED) is 0.744. The van der Waals surface area contributed by atoms with Gasteiger partial charge in [-0.3, -0.25) is 4.79 Å². The van der Waals surface area contributed by atoms with Crippen molar-refractivity contribution in [1.82, 2.24) is 5.32 Å². The molecule has 0 aromatic heterocycles. The molecule has 17 heavy (non-hydrogen) atoms. The molecule has 0 fully saturated rings. The Kier molecular flexibility index (Phi) is 4.12. The van der Waals surface area contributed by atoms with Crippen molar-refractivity contribution < 1.29 is 9.90 Å². The molecule has 0 radical (unpaired) electrons. The Balaban J connectivity index is 2.75. The number of nitrogens with one attached hydrogen (secondary N) is 1. The lowest BCUT2D eigenvalue weighted by molar-refractivity contribution is 0.0905. The first-order chi connectivity index (χ1) is 7.84. The van der Waals surface area contributed by atoms with Crippen LogP contribution in [0.2, 0.25) is 0 Å².